The second-order valence-electron chi connectivity index (χ2n) is 6.42. The number of methoxy groups -OCH3 is 1. The van der Waals surface area contributed by atoms with Gasteiger partial charge in [-0.25, -0.2) is 4.79 Å². The average molecular weight is 331 g/mol. The maximum absolute atomic E-state index is 12.7. The Morgan fingerprint density at radius 2 is 2.00 bits per heavy atom. The van der Waals surface area contributed by atoms with Gasteiger partial charge in [0.15, 0.2) is 0 Å². The van der Waals surface area contributed by atoms with Gasteiger partial charge in [-0.3, -0.25) is 14.5 Å². The van der Waals surface area contributed by atoms with Crippen molar-refractivity contribution in [3.8, 4) is 5.75 Å². The van der Waals surface area contributed by atoms with Crippen LogP contribution >= 0.6 is 0 Å². The molecule has 0 spiro atoms. The van der Waals surface area contributed by atoms with Crippen LogP contribution in [-0.2, 0) is 15.1 Å². The molecule has 0 bridgehead atoms. The molecule has 24 heavy (non-hydrogen) atoms. The van der Waals surface area contributed by atoms with Gasteiger partial charge in [0.2, 0.25) is 5.91 Å². The first-order valence-electron chi connectivity index (χ1n) is 7.99. The van der Waals surface area contributed by atoms with E-state index in [2.05, 4.69) is 10.6 Å². The van der Waals surface area contributed by atoms with E-state index in [1.807, 2.05) is 0 Å². The number of carbonyl (C=O) groups is 3. The van der Waals surface area contributed by atoms with Crippen LogP contribution < -0.4 is 15.4 Å². The summed E-state index contributed by atoms with van der Waals surface area (Å²) in [5.74, 6) is 0.459. The van der Waals surface area contributed by atoms with Crippen molar-refractivity contribution in [3.63, 3.8) is 0 Å². The van der Waals surface area contributed by atoms with E-state index in [1.165, 1.54) is 0 Å². The number of nitrogens with zero attached hydrogens (tertiary/aromatic N) is 1. The fraction of sp³-hybridized carbons (Fsp3) is 0.471. The molecule has 1 unspecified atom stereocenters. The van der Waals surface area contributed by atoms with Gasteiger partial charge in [-0.1, -0.05) is 12.1 Å². The molecule has 128 valence electrons. The van der Waals surface area contributed by atoms with E-state index in [-0.39, 0.29) is 12.5 Å². The highest BCUT2D eigenvalue weighted by molar-refractivity contribution is 6.09. The summed E-state index contributed by atoms with van der Waals surface area (Å²) in [4.78, 5) is 37.8. The van der Waals surface area contributed by atoms with Crippen LogP contribution in [0.1, 0.15) is 25.3 Å². The molecule has 3 rings (SSSR count). The third-order valence-corrected chi connectivity index (χ3v) is 4.53. The van der Waals surface area contributed by atoms with Gasteiger partial charge < -0.3 is 15.4 Å². The maximum atomic E-state index is 12.7. The second kappa shape index (κ2) is 6.14. The smallest absolute Gasteiger partial charge is 0.325 e. The Hall–Kier alpha value is -2.57. The monoisotopic (exact) mass is 331 g/mol. The van der Waals surface area contributed by atoms with E-state index in [0.717, 1.165) is 17.7 Å². The van der Waals surface area contributed by atoms with E-state index in [9.17, 15) is 14.4 Å². The minimum Gasteiger partial charge on any atom is -0.497 e. The summed E-state index contributed by atoms with van der Waals surface area (Å²) in [7, 11) is 1.56. The normalized spacial score (nSPS) is 23.2. The standard InChI is InChI=1S/C17H21N3O4/c1-17(12-5-7-13(24-2)8-6-12)15(22)20(16(23)19-17)10-14(21)18-9-11-3-4-11/h5-8,11H,3-4,9-10H2,1-2H3,(H,18,21)(H,19,23). The predicted octanol–water partition coefficient (Wildman–Crippen LogP) is 0.988. The van der Waals surface area contributed by atoms with Crippen molar-refractivity contribution in [2.75, 3.05) is 20.2 Å². The number of rotatable bonds is 6. The third-order valence-electron chi connectivity index (χ3n) is 4.53. The van der Waals surface area contributed by atoms with Crippen LogP contribution in [0.2, 0.25) is 0 Å². The van der Waals surface area contributed by atoms with E-state index in [4.69, 9.17) is 4.74 Å². The zero-order chi connectivity index (χ0) is 17.3. The van der Waals surface area contributed by atoms with E-state index < -0.39 is 17.5 Å². The molecule has 0 radical (unpaired) electrons. The summed E-state index contributed by atoms with van der Waals surface area (Å²) in [6, 6.07) is 6.36. The van der Waals surface area contributed by atoms with Crippen molar-refractivity contribution in [2.24, 2.45) is 5.92 Å². The van der Waals surface area contributed by atoms with Crippen molar-refractivity contribution >= 4 is 17.8 Å². The molecule has 7 nitrogen and oxygen atoms in total. The number of hydrogen-bond donors (Lipinski definition) is 2. The van der Waals surface area contributed by atoms with E-state index in [1.54, 1.807) is 38.3 Å². The molecular weight excluding hydrogens is 310 g/mol. The van der Waals surface area contributed by atoms with Gasteiger partial charge >= 0.3 is 6.03 Å². The van der Waals surface area contributed by atoms with E-state index in [0.29, 0.717) is 23.8 Å². The fourth-order valence-corrected chi connectivity index (χ4v) is 2.74. The topological polar surface area (TPSA) is 87.7 Å². The number of amides is 4. The average Bonchev–Trinajstić information content (AvgIpc) is 3.38. The maximum Gasteiger partial charge on any atom is 0.325 e. The Balaban J connectivity index is 1.70. The minimum atomic E-state index is -1.18. The van der Waals surface area contributed by atoms with Crippen LogP contribution in [0.5, 0.6) is 5.75 Å². The lowest BCUT2D eigenvalue weighted by Gasteiger charge is -2.22. The lowest BCUT2D eigenvalue weighted by molar-refractivity contribution is -0.134. The summed E-state index contributed by atoms with van der Waals surface area (Å²) < 4.78 is 5.10. The third kappa shape index (κ3) is 3.06. The molecule has 1 aromatic rings. The van der Waals surface area contributed by atoms with Crippen LogP contribution in [0.4, 0.5) is 4.79 Å². The lowest BCUT2D eigenvalue weighted by Crippen LogP contribution is -2.43. The quantitative estimate of drug-likeness (QED) is 0.761. The van der Waals surface area contributed by atoms with Crippen LogP contribution in [-0.4, -0.2) is 42.9 Å². The number of hydrogen-bond acceptors (Lipinski definition) is 4. The molecule has 1 aromatic carbocycles. The van der Waals surface area contributed by atoms with Crippen molar-refractivity contribution in [1.82, 2.24) is 15.5 Å². The van der Waals surface area contributed by atoms with Crippen molar-refractivity contribution < 1.29 is 19.1 Å². The lowest BCUT2D eigenvalue weighted by atomic mass is 9.92. The number of carbonyl (C=O) groups excluding carboxylic acids is 3. The van der Waals surface area contributed by atoms with Crippen LogP contribution in [0.3, 0.4) is 0 Å². The molecule has 1 aliphatic carbocycles. The Morgan fingerprint density at radius 1 is 1.33 bits per heavy atom. The van der Waals surface area contributed by atoms with Gasteiger partial charge in [0.05, 0.1) is 7.11 Å². The molecule has 1 saturated heterocycles. The summed E-state index contributed by atoms with van der Waals surface area (Å²) in [5.41, 5.74) is -0.539. The Bertz CT molecular complexity index is 669. The second-order valence-corrected chi connectivity index (χ2v) is 6.42. The number of benzene rings is 1. The summed E-state index contributed by atoms with van der Waals surface area (Å²) in [6.45, 7) is 1.98. The highest BCUT2D eigenvalue weighted by Crippen LogP contribution is 2.30. The Morgan fingerprint density at radius 3 is 2.58 bits per heavy atom. The molecule has 0 aromatic heterocycles. The SMILES string of the molecule is COc1ccc(C2(C)NC(=O)N(CC(=O)NCC3CC3)C2=O)cc1. The minimum absolute atomic E-state index is 0.261. The first-order chi connectivity index (χ1) is 11.4. The molecule has 2 aliphatic rings. The molecular formula is C17H21N3O4. The zero-order valence-electron chi connectivity index (χ0n) is 13.8. The van der Waals surface area contributed by atoms with Gasteiger partial charge in [0.25, 0.3) is 5.91 Å². The molecule has 1 aliphatic heterocycles. The molecule has 2 N–H and O–H groups in total. The van der Waals surface area contributed by atoms with Gasteiger partial charge in [0, 0.05) is 6.54 Å². The zero-order valence-corrected chi connectivity index (χ0v) is 13.8. The summed E-state index contributed by atoms with van der Waals surface area (Å²) in [5, 5.41) is 5.45. The predicted molar refractivity (Wildman–Crippen MR) is 86.3 cm³/mol. The summed E-state index contributed by atoms with van der Waals surface area (Å²) in [6.07, 6.45) is 2.25. The number of nitrogens with one attached hydrogen (secondary N) is 2. The van der Waals surface area contributed by atoms with E-state index >= 15 is 0 Å². The van der Waals surface area contributed by atoms with Crippen LogP contribution in [0.15, 0.2) is 24.3 Å². The van der Waals surface area contributed by atoms with Gasteiger partial charge in [0.1, 0.15) is 17.8 Å². The molecule has 2 fully saturated rings. The van der Waals surface area contributed by atoms with Gasteiger partial charge in [-0.2, -0.15) is 0 Å². The van der Waals surface area contributed by atoms with Crippen molar-refractivity contribution in [1.29, 1.82) is 0 Å². The molecule has 7 heteroatoms. The van der Waals surface area contributed by atoms with Gasteiger partial charge in [-0.15, -0.1) is 0 Å². The Kier molecular flexibility index (Phi) is 4.17. The Labute approximate surface area is 140 Å². The first-order valence-corrected chi connectivity index (χ1v) is 7.99. The fourth-order valence-electron chi connectivity index (χ4n) is 2.74. The number of urea groups is 1. The van der Waals surface area contributed by atoms with Gasteiger partial charge in [-0.05, 0) is 43.4 Å². The van der Waals surface area contributed by atoms with Crippen molar-refractivity contribution in [2.45, 2.75) is 25.3 Å². The molecule has 1 saturated carbocycles. The highest BCUT2D eigenvalue weighted by Gasteiger charge is 2.49. The van der Waals surface area contributed by atoms with Crippen molar-refractivity contribution in [3.05, 3.63) is 29.8 Å². The molecule has 1 heterocycles. The number of ether oxygens (including phenoxy) is 1. The van der Waals surface area contributed by atoms with Crippen LogP contribution in [0, 0.1) is 5.92 Å². The first kappa shape index (κ1) is 16.3. The van der Waals surface area contributed by atoms with Crippen LogP contribution in [0.25, 0.3) is 0 Å². The molecule has 1 atom stereocenters. The number of imide groups is 1. The summed E-state index contributed by atoms with van der Waals surface area (Å²) >= 11 is 0. The largest absolute Gasteiger partial charge is 0.497 e. The highest BCUT2D eigenvalue weighted by atomic mass is 16.5. The molecule has 4 amide bonds.